The zero-order valence-corrected chi connectivity index (χ0v) is 16.4. The third-order valence-electron chi connectivity index (χ3n) is 5.60. The molecule has 2 aliphatic rings. The molecule has 1 saturated heterocycles. The summed E-state index contributed by atoms with van der Waals surface area (Å²) in [7, 11) is 1.72. The molecule has 0 unspecified atom stereocenters. The predicted molar refractivity (Wildman–Crippen MR) is 98.0 cm³/mol. The van der Waals surface area contributed by atoms with Gasteiger partial charge in [-0.25, -0.2) is 17.6 Å². The molecule has 2 aliphatic heterocycles. The van der Waals surface area contributed by atoms with E-state index in [0.29, 0.717) is 29.4 Å². The molecule has 0 bridgehead atoms. The van der Waals surface area contributed by atoms with Gasteiger partial charge in [0.1, 0.15) is 0 Å². The van der Waals surface area contributed by atoms with Crippen molar-refractivity contribution in [2.24, 2.45) is 7.05 Å². The first-order valence-electron chi connectivity index (χ1n) is 9.25. The zero-order chi connectivity index (χ0) is 20.9. The summed E-state index contributed by atoms with van der Waals surface area (Å²) in [6, 6.07) is 0.155. The van der Waals surface area contributed by atoms with E-state index in [2.05, 4.69) is 5.32 Å². The molecule has 10 heteroatoms. The van der Waals surface area contributed by atoms with Gasteiger partial charge >= 0.3 is 0 Å². The standard InChI is InChI=1S/C19H19F4N3O2S/c1-25-13(6-15(27)24-10-2-3-28-8-10)14-4-9(7-26(14)19(25)29)16-17(22)11(20)5-12(21)18(16)23/h5,9-10H,2-4,6-8H2,1H3,(H,24,27)/t9-,10+/m0/s1. The number of nitrogens with one attached hydrogen (secondary N) is 1. The number of nitrogens with zero attached hydrogens (tertiary/aromatic N) is 2. The van der Waals surface area contributed by atoms with Crippen LogP contribution in [0.1, 0.15) is 29.3 Å². The molecule has 2 atom stereocenters. The Hall–Kier alpha value is -2.20. The molecule has 1 N–H and O–H groups in total. The van der Waals surface area contributed by atoms with Crippen LogP contribution in [0.5, 0.6) is 0 Å². The molecular weight excluding hydrogens is 410 g/mol. The highest BCUT2D eigenvalue weighted by molar-refractivity contribution is 7.71. The second kappa shape index (κ2) is 7.56. The van der Waals surface area contributed by atoms with E-state index in [0.717, 1.165) is 6.42 Å². The number of imidazole rings is 1. The lowest BCUT2D eigenvalue weighted by atomic mass is 9.94. The Kier molecular flexibility index (Phi) is 5.24. The Balaban J connectivity index is 1.62. The maximum atomic E-state index is 14.2. The van der Waals surface area contributed by atoms with Crippen LogP contribution in [0.2, 0.25) is 0 Å². The molecule has 156 valence electrons. The van der Waals surface area contributed by atoms with Crippen molar-refractivity contribution in [1.29, 1.82) is 0 Å². The van der Waals surface area contributed by atoms with E-state index < -0.39 is 34.8 Å². The van der Waals surface area contributed by atoms with Crippen molar-refractivity contribution < 1.29 is 27.1 Å². The average Bonchev–Trinajstić information content (AvgIpc) is 3.37. The first kappa shape index (κ1) is 20.1. The minimum atomic E-state index is -1.43. The van der Waals surface area contributed by atoms with Gasteiger partial charge in [0.2, 0.25) is 5.91 Å². The van der Waals surface area contributed by atoms with Gasteiger partial charge in [-0.2, -0.15) is 0 Å². The number of carbonyl (C=O) groups excluding carboxylic acids is 1. The van der Waals surface area contributed by atoms with Gasteiger partial charge in [-0.15, -0.1) is 0 Å². The Morgan fingerprint density at radius 3 is 2.59 bits per heavy atom. The number of fused-ring (bicyclic) bond motifs is 1. The van der Waals surface area contributed by atoms with Crippen molar-refractivity contribution in [2.45, 2.75) is 37.8 Å². The third-order valence-corrected chi connectivity index (χ3v) is 6.10. The molecule has 1 aromatic heterocycles. The van der Waals surface area contributed by atoms with Gasteiger partial charge in [-0.1, -0.05) is 0 Å². The summed E-state index contributed by atoms with van der Waals surface area (Å²) >= 11 is 5.40. The molecule has 29 heavy (non-hydrogen) atoms. The molecule has 0 spiro atoms. The number of carbonyl (C=O) groups is 1. The highest BCUT2D eigenvalue weighted by Gasteiger charge is 2.34. The molecule has 1 amide bonds. The number of amides is 1. The lowest BCUT2D eigenvalue weighted by molar-refractivity contribution is -0.121. The van der Waals surface area contributed by atoms with Crippen LogP contribution in [0.25, 0.3) is 0 Å². The highest BCUT2D eigenvalue weighted by Crippen LogP contribution is 2.36. The fraction of sp³-hybridized carbons (Fsp3) is 0.474. The van der Waals surface area contributed by atoms with E-state index in [1.54, 1.807) is 16.2 Å². The molecule has 3 heterocycles. The number of rotatable bonds is 4. The molecule has 5 nitrogen and oxygen atoms in total. The predicted octanol–water partition coefficient (Wildman–Crippen LogP) is 2.90. The molecule has 0 radical (unpaired) electrons. The van der Waals surface area contributed by atoms with Gasteiger partial charge < -0.3 is 19.2 Å². The third kappa shape index (κ3) is 3.48. The van der Waals surface area contributed by atoms with E-state index in [-0.39, 0.29) is 37.4 Å². The van der Waals surface area contributed by atoms with Crippen molar-refractivity contribution in [3.8, 4) is 0 Å². The Morgan fingerprint density at radius 2 is 1.97 bits per heavy atom. The van der Waals surface area contributed by atoms with Gasteiger partial charge in [0.25, 0.3) is 0 Å². The van der Waals surface area contributed by atoms with Crippen molar-refractivity contribution in [3.05, 3.63) is 51.1 Å². The van der Waals surface area contributed by atoms with Gasteiger partial charge in [0.05, 0.1) is 19.1 Å². The number of ether oxygens (including phenoxy) is 1. The van der Waals surface area contributed by atoms with Crippen LogP contribution in [-0.4, -0.2) is 34.3 Å². The molecule has 4 rings (SSSR count). The van der Waals surface area contributed by atoms with E-state index in [1.807, 2.05) is 0 Å². The second-order valence-electron chi connectivity index (χ2n) is 7.43. The number of halogens is 4. The summed E-state index contributed by atoms with van der Waals surface area (Å²) in [4.78, 5) is 12.4. The average molecular weight is 429 g/mol. The lowest BCUT2D eigenvalue weighted by Crippen LogP contribution is -2.36. The van der Waals surface area contributed by atoms with Gasteiger partial charge in [0, 0.05) is 49.1 Å². The summed E-state index contributed by atoms with van der Waals surface area (Å²) in [5.41, 5.74) is 0.636. The van der Waals surface area contributed by atoms with Crippen LogP contribution in [0.15, 0.2) is 6.07 Å². The molecule has 1 aromatic carbocycles. The Labute approximate surface area is 169 Å². The van der Waals surface area contributed by atoms with E-state index >= 15 is 0 Å². The van der Waals surface area contributed by atoms with Gasteiger partial charge in [-0.3, -0.25) is 4.79 Å². The minimum Gasteiger partial charge on any atom is -0.379 e. The number of benzene rings is 1. The molecule has 2 aromatic rings. The van der Waals surface area contributed by atoms with E-state index in [9.17, 15) is 22.4 Å². The van der Waals surface area contributed by atoms with Crippen LogP contribution in [0, 0.1) is 28.0 Å². The largest absolute Gasteiger partial charge is 0.379 e. The van der Waals surface area contributed by atoms with Crippen LogP contribution < -0.4 is 5.32 Å². The van der Waals surface area contributed by atoms with Gasteiger partial charge in [0.15, 0.2) is 28.0 Å². The zero-order valence-electron chi connectivity index (χ0n) is 15.6. The smallest absolute Gasteiger partial charge is 0.226 e. The van der Waals surface area contributed by atoms with Gasteiger partial charge in [-0.05, 0) is 25.1 Å². The van der Waals surface area contributed by atoms with Crippen LogP contribution in [0.4, 0.5) is 17.6 Å². The summed E-state index contributed by atoms with van der Waals surface area (Å²) in [5, 5.41) is 2.89. The molecule has 0 saturated carbocycles. The normalized spacial score (nSPS) is 20.9. The highest BCUT2D eigenvalue weighted by atomic mass is 32.1. The van der Waals surface area contributed by atoms with Crippen LogP contribution in [0.3, 0.4) is 0 Å². The first-order valence-corrected chi connectivity index (χ1v) is 9.66. The second-order valence-corrected chi connectivity index (χ2v) is 7.80. The van der Waals surface area contributed by atoms with Crippen molar-refractivity contribution in [1.82, 2.24) is 14.5 Å². The topological polar surface area (TPSA) is 48.2 Å². The number of hydrogen-bond acceptors (Lipinski definition) is 3. The number of aromatic nitrogens is 2. The number of hydrogen-bond donors (Lipinski definition) is 1. The summed E-state index contributed by atoms with van der Waals surface area (Å²) < 4.78 is 64.7. The quantitative estimate of drug-likeness (QED) is 0.462. The van der Waals surface area contributed by atoms with Crippen molar-refractivity contribution >= 4 is 18.1 Å². The summed E-state index contributed by atoms with van der Waals surface area (Å²) in [6.07, 6.45) is 0.897. The summed E-state index contributed by atoms with van der Waals surface area (Å²) in [6.45, 7) is 1.14. The van der Waals surface area contributed by atoms with E-state index in [1.165, 1.54) is 0 Å². The Bertz CT molecular complexity index is 1020. The maximum absolute atomic E-state index is 14.2. The monoisotopic (exact) mass is 429 g/mol. The molecular formula is C19H19F4N3O2S. The molecule has 0 aliphatic carbocycles. The Morgan fingerprint density at radius 1 is 1.28 bits per heavy atom. The van der Waals surface area contributed by atoms with Crippen molar-refractivity contribution in [3.63, 3.8) is 0 Å². The molecule has 1 fully saturated rings. The fourth-order valence-electron chi connectivity index (χ4n) is 4.14. The maximum Gasteiger partial charge on any atom is 0.226 e. The van der Waals surface area contributed by atoms with Crippen LogP contribution in [-0.2, 0) is 36.0 Å². The van der Waals surface area contributed by atoms with Crippen LogP contribution >= 0.6 is 12.2 Å². The fourth-order valence-corrected chi connectivity index (χ4v) is 4.43. The summed E-state index contributed by atoms with van der Waals surface area (Å²) in [5.74, 6) is -6.68. The minimum absolute atomic E-state index is 0.0359. The van der Waals surface area contributed by atoms with Crippen molar-refractivity contribution in [2.75, 3.05) is 13.2 Å². The SMILES string of the molecule is Cn1c(CC(=O)N[C@@H]2CCOC2)c2n(c1=S)C[C@@H](c1c(F)c(F)cc(F)c1F)C2. The lowest BCUT2D eigenvalue weighted by Gasteiger charge is -2.14. The first-order chi connectivity index (χ1) is 13.8. The van der Waals surface area contributed by atoms with E-state index in [4.69, 9.17) is 17.0 Å².